The molecule has 0 aromatic heterocycles. The molecule has 1 aromatic rings. The Morgan fingerprint density at radius 3 is 2.60 bits per heavy atom. The topological polar surface area (TPSA) is 59.1 Å². The van der Waals surface area contributed by atoms with Gasteiger partial charge in [0.25, 0.3) is 0 Å². The molecule has 4 heteroatoms. The second kappa shape index (κ2) is 4.00. The van der Waals surface area contributed by atoms with Gasteiger partial charge in [0.05, 0.1) is 6.61 Å². The van der Waals surface area contributed by atoms with Gasteiger partial charge in [0.2, 0.25) is 0 Å². The second-order valence-corrected chi connectivity index (χ2v) is 3.44. The van der Waals surface area contributed by atoms with Gasteiger partial charge in [0.15, 0.2) is 0 Å². The summed E-state index contributed by atoms with van der Waals surface area (Å²) in [5.41, 5.74) is 0.991. The van der Waals surface area contributed by atoms with E-state index in [2.05, 4.69) is 0 Å². The fourth-order valence-corrected chi connectivity index (χ4v) is 1.47. The van der Waals surface area contributed by atoms with E-state index in [4.69, 9.17) is 14.6 Å². The van der Waals surface area contributed by atoms with E-state index in [-0.39, 0.29) is 24.8 Å². The molecule has 4 nitrogen and oxygen atoms in total. The molecular formula is C11H12O4. The quantitative estimate of drug-likeness (QED) is 0.458. The van der Waals surface area contributed by atoms with Gasteiger partial charge in [-0.2, -0.15) is 0 Å². The standard InChI is InChI=1S/C11H12O4/c1-7(13)14-9-4-2-8(3-5-9)11-10(6-12)15-11/h2-5,10-12H,6H2,1H3/t10-,11-/m0/s1. The molecule has 0 aliphatic carbocycles. The molecule has 0 radical (unpaired) electrons. The van der Waals surface area contributed by atoms with Gasteiger partial charge in [-0.3, -0.25) is 4.79 Å². The number of hydrogen-bond donors (Lipinski definition) is 1. The average Bonchev–Trinajstić information content (AvgIpc) is 2.97. The van der Waals surface area contributed by atoms with Crippen LogP contribution < -0.4 is 4.74 Å². The van der Waals surface area contributed by atoms with Crippen LogP contribution in [0.15, 0.2) is 24.3 Å². The fourth-order valence-electron chi connectivity index (χ4n) is 1.47. The minimum Gasteiger partial charge on any atom is -0.427 e. The summed E-state index contributed by atoms with van der Waals surface area (Å²) in [7, 11) is 0. The number of benzene rings is 1. The van der Waals surface area contributed by atoms with Crippen LogP contribution in [-0.2, 0) is 9.53 Å². The largest absolute Gasteiger partial charge is 0.427 e. The number of rotatable bonds is 3. The van der Waals surface area contributed by atoms with Crippen molar-refractivity contribution in [2.24, 2.45) is 0 Å². The van der Waals surface area contributed by atoms with Crippen LogP contribution in [0.5, 0.6) is 5.75 Å². The lowest BCUT2D eigenvalue weighted by Gasteiger charge is -2.01. The number of carbonyl (C=O) groups excluding carboxylic acids is 1. The van der Waals surface area contributed by atoms with Gasteiger partial charge in [-0.1, -0.05) is 12.1 Å². The summed E-state index contributed by atoms with van der Waals surface area (Å²) in [4.78, 5) is 10.7. The minimum absolute atomic E-state index is 0.0126. The molecule has 0 saturated carbocycles. The third kappa shape index (κ3) is 2.34. The Bertz CT molecular complexity index is 357. The SMILES string of the molecule is CC(=O)Oc1ccc([C@@H]2O[C@H]2CO)cc1. The second-order valence-electron chi connectivity index (χ2n) is 3.44. The smallest absolute Gasteiger partial charge is 0.308 e. The van der Waals surface area contributed by atoms with E-state index in [1.165, 1.54) is 6.92 Å². The summed E-state index contributed by atoms with van der Waals surface area (Å²) < 4.78 is 10.1. The first-order valence-corrected chi connectivity index (χ1v) is 4.75. The van der Waals surface area contributed by atoms with Crippen molar-refractivity contribution in [1.82, 2.24) is 0 Å². The van der Waals surface area contributed by atoms with Crippen molar-refractivity contribution in [2.45, 2.75) is 19.1 Å². The number of epoxide rings is 1. The van der Waals surface area contributed by atoms with E-state index < -0.39 is 0 Å². The van der Waals surface area contributed by atoms with Crippen molar-refractivity contribution in [3.63, 3.8) is 0 Å². The highest BCUT2D eigenvalue weighted by atomic mass is 16.6. The molecule has 1 saturated heterocycles. The minimum atomic E-state index is -0.335. The van der Waals surface area contributed by atoms with Crippen LogP contribution in [0.3, 0.4) is 0 Å². The van der Waals surface area contributed by atoms with Crippen LogP contribution in [0.1, 0.15) is 18.6 Å². The zero-order valence-electron chi connectivity index (χ0n) is 8.34. The molecule has 1 fully saturated rings. The summed E-state index contributed by atoms with van der Waals surface area (Å²) in [6, 6.07) is 7.09. The molecular weight excluding hydrogens is 196 g/mol. The predicted molar refractivity (Wildman–Crippen MR) is 52.5 cm³/mol. The fraction of sp³-hybridized carbons (Fsp3) is 0.364. The maximum atomic E-state index is 10.7. The average molecular weight is 208 g/mol. The maximum Gasteiger partial charge on any atom is 0.308 e. The van der Waals surface area contributed by atoms with Crippen LogP contribution in [0.2, 0.25) is 0 Å². The van der Waals surface area contributed by atoms with Gasteiger partial charge >= 0.3 is 5.97 Å². The highest BCUT2D eigenvalue weighted by Gasteiger charge is 2.39. The molecule has 1 heterocycles. The van der Waals surface area contributed by atoms with Gasteiger partial charge in [0, 0.05) is 6.92 Å². The Morgan fingerprint density at radius 1 is 1.47 bits per heavy atom. The molecule has 1 N–H and O–H groups in total. The lowest BCUT2D eigenvalue weighted by atomic mass is 10.1. The summed E-state index contributed by atoms with van der Waals surface area (Å²) in [5, 5.41) is 8.82. The molecule has 80 valence electrons. The van der Waals surface area contributed by atoms with Crippen LogP contribution in [-0.4, -0.2) is 23.8 Å². The van der Waals surface area contributed by atoms with Crippen molar-refractivity contribution in [3.8, 4) is 5.75 Å². The first-order chi connectivity index (χ1) is 7.20. The van der Waals surface area contributed by atoms with Crippen LogP contribution in [0.4, 0.5) is 0 Å². The van der Waals surface area contributed by atoms with Crippen molar-refractivity contribution in [1.29, 1.82) is 0 Å². The van der Waals surface area contributed by atoms with E-state index >= 15 is 0 Å². The number of esters is 1. The molecule has 1 aliphatic heterocycles. The highest BCUT2D eigenvalue weighted by Crippen LogP contribution is 2.38. The van der Waals surface area contributed by atoms with Gasteiger partial charge in [-0.15, -0.1) is 0 Å². The molecule has 15 heavy (non-hydrogen) atoms. The summed E-state index contributed by atoms with van der Waals surface area (Å²) >= 11 is 0. The summed E-state index contributed by atoms with van der Waals surface area (Å²) in [6.07, 6.45) is -0.0917. The van der Waals surface area contributed by atoms with E-state index in [9.17, 15) is 4.79 Å². The lowest BCUT2D eigenvalue weighted by Crippen LogP contribution is -2.01. The maximum absolute atomic E-state index is 10.7. The Kier molecular flexibility index (Phi) is 2.70. The van der Waals surface area contributed by atoms with Gasteiger partial charge in [0.1, 0.15) is 18.0 Å². The van der Waals surface area contributed by atoms with E-state index in [1.807, 2.05) is 12.1 Å². The first kappa shape index (κ1) is 10.1. The lowest BCUT2D eigenvalue weighted by molar-refractivity contribution is -0.131. The third-order valence-corrected chi connectivity index (χ3v) is 2.23. The number of aliphatic hydroxyl groups excluding tert-OH is 1. The Labute approximate surface area is 87.4 Å². The third-order valence-electron chi connectivity index (χ3n) is 2.23. The number of carbonyl (C=O) groups is 1. The first-order valence-electron chi connectivity index (χ1n) is 4.75. The Hall–Kier alpha value is -1.39. The Morgan fingerprint density at radius 2 is 2.13 bits per heavy atom. The summed E-state index contributed by atoms with van der Waals surface area (Å²) in [5.74, 6) is 0.186. The molecule has 0 bridgehead atoms. The Balaban J connectivity index is 2.02. The van der Waals surface area contributed by atoms with Crippen LogP contribution in [0.25, 0.3) is 0 Å². The normalized spacial score (nSPS) is 23.6. The van der Waals surface area contributed by atoms with Crippen molar-refractivity contribution in [2.75, 3.05) is 6.61 Å². The van der Waals surface area contributed by atoms with Crippen LogP contribution in [0, 0.1) is 0 Å². The zero-order valence-corrected chi connectivity index (χ0v) is 8.34. The van der Waals surface area contributed by atoms with E-state index in [0.717, 1.165) is 5.56 Å². The molecule has 2 atom stereocenters. The number of ether oxygens (including phenoxy) is 2. The van der Waals surface area contributed by atoms with Gasteiger partial charge < -0.3 is 14.6 Å². The number of hydrogen-bond acceptors (Lipinski definition) is 4. The summed E-state index contributed by atoms with van der Waals surface area (Å²) in [6.45, 7) is 1.40. The molecule has 0 amide bonds. The number of aliphatic hydroxyl groups is 1. The monoisotopic (exact) mass is 208 g/mol. The van der Waals surface area contributed by atoms with Gasteiger partial charge in [-0.25, -0.2) is 0 Å². The molecule has 0 spiro atoms. The molecule has 0 unspecified atom stereocenters. The van der Waals surface area contributed by atoms with Crippen molar-refractivity contribution in [3.05, 3.63) is 29.8 Å². The highest BCUT2D eigenvalue weighted by molar-refractivity contribution is 5.69. The van der Waals surface area contributed by atoms with Crippen molar-refractivity contribution < 1.29 is 19.4 Å². The molecule has 2 rings (SSSR count). The molecule has 1 aromatic carbocycles. The van der Waals surface area contributed by atoms with Gasteiger partial charge in [-0.05, 0) is 17.7 Å². The predicted octanol–water partition coefficient (Wildman–Crippen LogP) is 1.04. The van der Waals surface area contributed by atoms with Crippen molar-refractivity contribution >= 4 is 5.97 Å². The zero-order chi connectivity index (χ0) is 10.8. The molecule has 1 aliphatic rings. The van der Waals surface area contributed by atoms with Crippen LogP contribution >= 0.6 is 0 Å². The van der Waals surface area contributed by atoms with E-state index in [1.54, 1.807) is 12.1 Å². The van der Waals surface area contributed by atoms with E-state index in [0.29, 0.717) is 5.75 Å².